The van der Waals surface area contributed by atoms with E-state index in [2.05, 4.69) is 39.8 Å². The number of fused-ring (bicyclic) bond motifs is 2. The molecular formula is C19H18ClN5. The fourth-order valence-electron chi connectivity index (χ4n) is 3.17. The predicted molar refractivity (Wildman–Crippen MR) is 102 cm³/mol. The number of imidazole rings is 1. The third-order valence-corrected chi connectivity index (χ3v) is 4.57. The number of aromatic nitrogens is 4. The quantitative estimate of drug-likeness (QED) is 0.572. The molecular weight excluding hydrogens is 334 g/mol. The van der Waals surface area contributed by atoms with Gasteiger partial charge in [-0.05, 0) is 44.2 Å². The molecule has 4 rings (SSSR count). The first-order chi connectivity index (χ1) is 12.2. The van der Waals surface area contributed by atoms with Crippen LogP contribution in [0.15, 0.2) is 48.8 Å². The topological polar surface area (TPSA) is 55.6 Å². The van der Waals surface area contributed by atoms with E-state index >= 15 is 0 Å². The fourth-order valence-corrected chi connectivity index (χ4v) is 3.34. The lowest BCUT2D eigenvalue weighted by atomic mass is 10.2. The normalized spacial score (nSPS) is 12.6. The van der Waals surface area contributed by atoms with Crippen LogP contribution in [0.3, 0.4) is 0 Å². The summed E-state index contributed by atoms with van der Waals surface area (Å²) in [5.74, 6) is 1.77. The molecule has 0 spiro atoms. The third kappa shape index (κ3) is 2.81. The number of rotatable bonds is 4. The van der Waals surface area contributed by atoms with Crippen molar-refractivity contribution in [1.29, 1.82) is 0 Å². The standard InChI is InChI=1S/C19H18ClN5/c1-3-25-17-7-5-4-6-15(17)24-19(25)12(2)23-18-14-9-8-13(20)10-16(14)21-11-22-18/h4-12H,3H2,1-2H3,(H,21,22,23). The first kappa shape index (κ1) is 15.8. The Morgan fingerprint density at radius 2 is 1.96 bits per heavy atom. The highest BCUT2D eigenvalue weighted by molar-refractivity contribution is 6.31. The highest BCUT2D eigenvalue weighted by Crippen LogP contribution is 2.27. The van der Waals surface area contributed by atoms with Crippen molar-refractivity contribution < 1.29 is 0 Å². The zero-order valence-corrected chi connectivity index (χ0v) is 14.8. The molecule has 0 aliphatic rings. The summed E-state index contributed by atoms with van der Waals surface area (Å²) in [7, 11) is 0. The number of benzene rings is 2. The van der Waals surface area contributed by atoms with Crippen molar-refractivity contribution in [3.8, 4) is 0 Å². The van der Waals surface area contributed by atoms with Gasteiger partial charge in [0.25, 0.3) is 0 Å². The van der Waals surface area contributed by atoms with Crippen LogP contribution in [0.5, 0.6) is 0 Å². The molecule has 0 bridgehead atoms. The first-order valence-corrected chi connectivity index (χ1v) is 8.67. The molecule has 0 aliphatic carbocycles. The summed E-state index contributed by atoms with van der Waals surface area (Å²) < 4.78 is 2.23. The molecule has 0 saturated heterocycles. The molecule has 4 aromatic rings. The molecule has 0 amide bonds. The summed E-state index contributed by atoms with van der Waals surface area (Å²) in [4.78, 5) is 13.5. The van der Waals surface area contributed by atoms with Crippen molar-refractivity contribution in [2.75, 3.05) is 5.32 Å². The molecule has 25 heavy (non-hydrogen) atoms. The molecule has 2 heterocycles. The zero-order valence-electron chi connectivity index (χ0n) is 14.1. The van der Waals surface area contributed by atoms with Crippen molar-refractivity contribution in [2.24, 2.45) is 0 Å². The molecule has 6 heteroatoms. The lowest BCUT2D eigenvalue weighted by Crippen LogP contribution is -2.14. The summed E-state index contributed by atoms with van der Waals surface area (Å²) in [6.07, 6.45) is 1.55. The van der Waals surface area contributed by atoms with E-state index in [9.17, 15) is 0 Å². The van der Waals surface area contributed by atoms with Crippen LogP contribution in [0.4, 0.5) is 5.82 Å². The third-order valence-electron chi connectivity index (χ3n) is 4.34. The van der Waals surface area contributed by atoms with Gasteiger partial charge in [-0.25, -0.2) is 15.0 Å². The minimum atomic E-state index is 0.00104. The number of nitrogens with one attached hydrogen (secondary N) is 1. The molecule has 0 aliphatic heterocycles. The van der Waals surface area contributed by atoms with Crippen LogP contribution in [0.1, 0.15) is 25.7 Å². The van der Waals surface area contributed by atoms with Crippen molar-refractivity contribution in [2.45, 2.75) is 26.4 Å². The van der Waals surface area contributed by atoms with E-state index in [4.69, 9.17) is 16.6 Å². The average molecular weight is 352 g/mol. The van der Waals surface area contributed by atoms with Crippen LogP contribution in [0.25, 0.3) is 21.9 Å². The molecule has 126 valence electrons. The number of hydrogen-bond acceptors (Lipinski definition) is 4. The SMILES string of the molecule is CCn1c(C(C)Nc2ncnc3cc(Cl)ccc23)nc2ccccc21. The van der Waals surface area contributed by atoms with Gasteiger partial charge in [-0.3, -0.25) is 0 Å². The number of halogens is 1. The minimum absolute atomic E-state index is 0.00104. The van der Waals surface area contributed by atoms with Crippen molar-refractivity contribution in [3.05, 3.63) is 59.6 Å². The highest BCUT2D eigenvalue weighted by atomic mass is 35.5. The Hall–Kier alpha value is -2.66. The van der Waals surface area contributed by atoms with Gasteiger partial charge in [0.1, 0.15) is 18.0 Å². The van der Waals surface area contributed by atoms with E-state index in [0.717, 1.165) is 40.1 Å². The summed E-state index contributed by atoms with van der Waals surface area (Å²) in [5, 5.41) is 5.09. The van der Waals surface area contributed by atoms with Gasteiger partial charge in [-0.15, -0.1) is 0 Å². The molecule has 0 fully saturated rings. The number of nitrogens with zero attached hydrogens (tertiary/aromatic N) is 4. The average Bonchev–Trinajstić information content (AvgIpc) is 3.00. The molecule has 0 saturated carbocycles. The van der Waals surface area contributed by atoms with Crippen molar-refractivity contribution in [1.82, 2.24) is 19.5 Å². The van der Waals surface area contributed by atoms with E-state index in [1.54, 1.807) is 6.33 Å². The Morgan fingerprint density at radius 3 is 2.80 bits per heavy atom. The van der Waals surface area contributed by atoms with E-state index in [0.29, 0.717) is 5.02 Å². The molecule has 1 N–H and O–H groups in total. The van der Waals surface area contributed by atoms with Gasteiger partial charge in [-0.2, -0.15) is 0 Å². The van der Waals surface area contributed by atoms with Gasteiger partial charge < -0.3 is 9.88 Å². The second kappa shape index (κ2) is 6.33. The maximum atomic E-state index is 6.06. The Bertz CT molecular complexity index is 1060. The van der Waals surface area contributed by atoms with Gasteiger partial charge in [0.2, 0.25) is 0 Å². The number of para-hydroxylation sites is 2. The van der Waals surface area contributed by atoms with Crippen LogP contribution in [-0.4, -0.2) is 19.5 Å². The molecule has 0 radical (unpaired) electrons. The van der Waals surface area contributed by atoms with Crippen LogP contribution in [0.2, 0.25) is 5.02 Å². The smallest absolute Gasteiger partial charge is 0.137 e. The van der Waals surface area contributed by atoms with Crippen LogP contribution in [-0.2, 0) is 6.54 Å². The minimum Gasteiger partial charge on any atom is -0.360 e. The predicted octanol–water partition coefficient (Wildman–Crippen LogP) is 4.83. The Kier molecular flexibility index (Phi) is 4.01. The van der Waals surface area contributed by atoms with Crippen LogP contribution >= 0.6 is 11.6 Å². The largest absolute Gasteiger partial charge is 0.360 e. The van der Waals surface area contributed by atoms with Gasteiger partial charge in [0.15, 0.2) is 0 Å². The van der Waals surface area contributed by atoms with E-state index < -0.39 is 0 Å². The lowest BCUT2D eigenvalue weighted by molar-refractivity contribution is 0.673. The van der Waals surface area contributed by atoms with Crippen LogP contribution in [0, 0.1) is 0 Å². The summed E-state index contributed by atoms with van der Waals surface area (Å²) in [6, 6.07) is 13.8. The van der Waals surface area contributed by atoms with Gasteiger partial charge in [-0.1, -0.05) is 23.7 Å². The molecule has 2 aromatic carbocycles. The Balaban J connectivity index is 1.75. The van der Waals surface area contributed by atoms with E-state index in [-0.39, 0.29) is 6.04 Å². The van der Waals surface area contributed by atoms with Crippen LogP contribution < -0.4 is 5.32 Å². The zero-order chi connectivity index (χ0) is 17.4. The molecule has 5 nitrogen and oxygen atoms in total. The highest BCUT2D eigenvalue weighted by Gasteiger charge is 2.17. The van der Waals surface area contributed by atoms with Gasteiger partial charge in [0.05, 0.1) is 22.6 Å². The molecule has 1 unspecified atom stereocenters. The Labute approximate surface area is 150 Å². The Morgan fingerprint density at radius 1 is 1.12 bits per heavy atom. The lowest BCUT2D eigenvalue weighted by Gasteiger charge is -2.17. The summed E-state index contributed by atoms with van der Waals surface area (Å²) in [6.45, 7) is 5.09. The number of hydrogen-bond donors (Lipinski definition) is 1. The fraction of sp³-hybridized carbons (Fsp3) is 0.211. The molecule has 1 atom stereocenters. The summed E-state index contributed by atoms with van der Waals surface area (Å²) in [5.41, 5.74) is 2.97. The maximum Gasteiger partial charge on any atom is 0.137 e. The van der Waals surface area contributed by atoms with Gasteiger partial charge >= 0.3 is 0 Å². The first-order valence-electron chi connectivity index (χ1n) is 8.29. The number of anilines is 1. The van der Waals surface area contributed by atoms with Gasteiger partial charge in [0, 0.05) is 17.0 Å². The maximum absolute atomic E-state index is 6.06. The monoisotopic (exact) mass is 351 g/mol. The summed E-state index contributed by atoms with van der Waals surface area (Å²) >= 11 is 6.06. The van der Waals surface area contributed by atoms with Crippen molar-refractivity contribution >= 4 is 39.4 Å². The second-order valence-corrected chi connectivity index (χ2v) is 6.39. The number of aryl methyl sites for hydroxylation is 1. The van der Waals surface area contributed by atoms with E-state index in [1.165, 1.54) is 0 Å². The second-order valence-electron chi connectivity index (χ2n) is 5.95. The van der Waals surface area contributed by atoms with Crippen molar-refractivity contribution in [3.63, 3.8) is 0 Å². The van der Waals surface area contributed by atoms with E-state index in [1.807, 2.05) is 36.4 Å². The molecule has 2 aromatic heterocycles.